The molecule has 1 N–H and O–H groups in total. The highest BCUT2D eigenvalue weighted by Crippen LogP contribution is 2.22. The molecule has 2 atom stereocenters. The summed E-state index contributed by atoms with van der Waals surface area (Å²) in [5, 5.41) is 10.0. The molecule has 2 nitrogen and oxygen atoms in total. The van der Waals surface area contributed by atoms with Crippen LogP contribution in [0, 0.1) is 0 Å². The van der Waals surface area contributed by atoms with Crippen LogP contribution in [-0.2, 0) is 6.42 Å². The molecule has 1 aromatic carbocycles. The van der Waals surface area contributed by atoms with E-state index in [1.807, 2.05) is 0 Å². The topological polar surface area (TPSA) is 23.5 Å². The molecule has 0 radical (unpaired) electrons. The average Bonchev–Trinajstić information content (AvgIpc) is 2.45. The summed E-state index contributed by atoms with van der Waals surface area (Å²) in [7, 11) is 2.17. The highest BCUT2D eigenvalue weighted by atomic mass is 16.3. The number of aliphatic hydroxyl groups is 1. The van der Waals surface area contributed by atoms with E-state index in [1.165, 1.54) is 37.7 Å². The maximum Gasteiger partial charge on any atom is 0.0695 e. The van der Waals surface area contributed by atoms with E-state index >= 15 is 0 Å². The van der Waals surface area contributed by atoms with Gasteiger partial charge in [-0.05, 0) is 51.3 Å². The summed E-state index contributed by atoms with van der Waals surface area (Å²) < 4.78 is 0. The second-order valence-electron chi connectivity index (χ2n) is 5.84. The molecule has 1 aromatic rings. The van der Waals surface area contributed by atoms with Crippen molar-refractivity contribution < 1.29 is 5.11 Å². The molecule has 0 spiro atoms. The van der Waals surface area contributed by atoms with Crippen LogP contribution in [0.2, 0.25) is 0 Å². The van der Waals surface area contributed by atoms with Gasteiger partial charge < -0.3 is 10.0 Å². The number of likely N-dealkylation sites (N-methyl/N-ethyl adjacent to an activating group) is 1. The van der Waals surface area contributed by atoms with Gasteiger partial charge in [0.1, 0.15) is 0 Å². The molecular weight excluding hydrogens is 234 g/mol. The molecule has 2 heteroatoms. The van der Waals surface area contributed by atoms with E-state index in [0.29, 0.717) is 6.04 Å². The number of unbranched alkanes of at least 4 members (excludes halogenated alkanes) is 1. The first-order valence-corrected chi connectivity index (χ1v) is 7.69. The van der Waals surface area contributed by atoms with Gasteiger partial charge in [0.05, 0.1) is 6.10 Å². The molecule has 0 aromatic heterocycles. The van der Waals surface area contributed by atoms with Crippen molar-refractivity contribution in [3.8, 4) is 0 Å². The standard InChI is InChI=1S/C17H27NO/c1-18(16-12-5-6-13-17(16)19)14-8-7-11-15-9-3-2-4-10-15/h2-4,9-10,16-17,19H,5-8,11-14H2,1H3. The van der Waals surface area contributed by atoms with Gasteiger partial charge in [0, 0.05) is 6.04 Å². The fraction of sp³-hybridized carbons (Fsp3) is 0.647. The highest BCUT2D eigenvalue weighted by molar-refractivity contribution is 5.14. The maximum absolute atomic E-state index is 10.0. The monoisotopic (exact) mass is 261 g/mol. The molecule has 1 aliphatic carbocycles. The van der Waals surface area contributed by atoms with Crippen LogP contribution in [0.3, 0.4) is 0 Å². The van der Waals surface area contributed by atoms with Crippen LogP contribution in [0.25, 0.3) is 0 Å². The quantitative estimate of drug-likeness (QED) is 0.795. The van der Waals surface area contributed by atoms with E-state index in [0.717, 1.165) is 19.4 Å². The lowest BCUT2D eigenvalue weighted by molar-refractivity contribution is 0.0316. The van der Waals surface area contributed by atoms with Gasteiger partial charge in [0.15, 0.2) is 0 Å². The first-order valence-electron chi connectivity index (χ1n) is 7.69. The first-order chi connectivity index (χ1) is 9.27. The Bertz CT molecular complexity index is 352. The fourth-order valence-corrected chi connectivity index (χ4v) is 3.11. The van der Waals surface area contributed by atoms with Crippen molar-refractivity contribution in [1.29, 1.82) is 0 Å². The number of aryl methyl sites for hydroxylation is 1. The smallest absolute Gasteiger partial charge is 0.0695 e. The van der Waals surface area contributed by atoms with E-state index in [1.54, 1.807) is 0 Å². The molecular formula is C17H27NO. The molecule has 0 saturated heterocycles. The predicted molar refractivity (Wildman–Crippen MR) is 80.3 cm³/mol. The summed E-state index contributed by atoms with van der Waals surface area (Å²) in [6, 6.07) is 11.1. The van der Waals surface area contributed by atoms with Crippen LogP contribution in [0.5, 0.6) is 0 Å². The Balaban J connectivity index is 1.65. The van der Waals surface area contributed by atoms with E-state index in [-0.39, 0.29) is 6.10 Å². The van der Waals surface area contributed by atoms with Crippen LogP contribution in [0.1, 0.15) is 44.1 Å². The Kier molecular flexibility index (Phi) is 5.87. The van der Waals surface area contributed by atoms with Crippen LogP contribution < -0.4 is 0 Å². The number of hydrogen-bond acceptors (Lipinski definition) is 2. The third-order valence-electron chi connectivity index (χ3n) is 4.33. The van der Waals surface area contributed by atoms with E-state index in [4.69, 9.17) is 0 Å². The lowest BCUT2D eigenvalue weighted by Gasteiger charge is -2.35. The van der Waals surface area contributed by atoms with Gasteiger partial charge in [0.25, 0.3) is 0 Å². The van der Waals surface area contributed by atoms with Crippen molar-refractivity contribution in [3.63, 3.8) is 0 Å². The number of rotatable bonds is 6. The normalized spacial score (nSPS) is 23.7. The Morgan fingerprint density at radius 2 is 1.84 bits per heavy atom. The number of aliphatic hydroxyl groups excluding tert-OH is 1. The summed E-state index contributed by atoms with van der Waals surface area (Å²) in [6.07, 6.45) is 8.13. The summed E-state index contributed by atoms with van der Waals surface area (Å²) in [5.74, 6) is 0. The molecule has 0 amide bonds. The second kappa shape index (κ2) is 7.66. The van der Waals surface area contributed by atoms with Gasteiger partial charge >= 0.3 is 0 Å². The van der Waals surface area contributed by atoms with E-state index in [9.17, 15) is 5.11 Å². The van der Waals surface area contributed by atoms with Crippen molar-refractivity contribution >= 4 is 0 Å². The van der Waals surface area contributed by atoms with Gasteiger partial charge in [-0.25, -0.2) is 0 Å². The van der Waals surface area contributed by atoms with E-state index < -0.39 is 0 Å². The van der Waals surface area contributed by atoms with Crippen LogP contribution in [-0.4, -0.2) is 35.7 Å². The van der Waals surface area contributed by atoms with Crippen molar-refractivity contribution in [1.82, 2.24) is 4.90 Å². The number of hydrogen-bond donors (Lipinski definition) is 1. The summed E-state index contributed by atoms with van der Waals surface area (Å²) in [4.78, 5) is 2.37. The second-order valence-corrected chi connectivity index (χ2v) is 5.84. The largest absolute Gasteiger partial charge is 0.391 e. The van der Waals surface area contributed by atoms with Gasteiger partial charge in [-0.1, -0.05) is 43.2 Å². The molecule has 0 aliphatic heterocycles. The first kappa shape index (κ1) is 14.5. The molecule has 1 saturated carbocycles. The summed E-state index contributed by atoms with van der Waals surface area (Å²) in [6.45, 7) is 1.11. The fourth-order valence-electron chi connectivity index (χ4n) is 3.11. The summed E-state index contributed by atoms with van der Waals surface area (Å²) in [5.41, 5.74) is 1.43. The number of benzene rings is 1. The van der Waals surface area contributed by atoms with E-state index in [2.05, 4.69) is 42.3 Å². The third-order valence-corrected chi connectivity index (χ3v) is 4.33. The van der Waals surface area contributed by atoms with Crippen molar-refractivity contribution in [2.75, 3.05) is 13.6 Å². The zero-order valence-corrected chi connectivity index (χ0v) is 12.1. The Morgan fingerprint density at radius 1 is 1.11 bits per heavy atom. The van der Waals surface area contributed by atoms with Gasteiger partial charge in [-0.3, -0.25) is 0 Å². The molecule has 2 rings (SSSR count). The zero-order valence-electron chi connectivity index (χ0n) is 12.1. The zero-order chi connectivity index (χ0) is 13.5. The maximum atomic E-state index is 10.0. The minimum atomic E-state index is -0.104. The molecule has 2 unspecified atom stereocenters. The molecule has 106 valence electrons. The molecule has 1 fully saturated rings. The van der Waals surface area contributed by atoms with Crippen molar-refractivity contribution in [2.45, 2.75) is 57.1 Å². The van der Waals surface area contributed by atoms with Gasteiger partial charge in [-0.15, -0.1) is 0 Å². The predicted octanol–water partition coefficient (Wildman–Crippen LogP) is 3.24. The lowest BCUT2D eigenvalue weighted by Crippen LogP contribution is -2.43. The third kappa shape index (κ3) is 4.63. The van der Waals surface area contributed by atoms with Crippen molar-refractivity contribution in [2.24, 2.45) is 0 Å². The van der Waals surface area contributed by atoms with Crippen LogP contribution in [0.4, 0.5) is 0 Å². The van der Waals surface area contributed by atoms with Crippen LogP contribution in [0.15, 0.2) is 30.3 Å². The average molecular weight is 261 g/mol. The molecule has 1 aliphatic rings. The molecule has 0 heterocycles. The van der Waals surface area contributed by atoms with Crippen molar-refractivity contribution in [3.05, 3.63) is 35.9 Å². The minimum Gasteiger partial charge on any atom is -0.391 e. The Hall–Kier alpha value is -0.860. The Morgan fingerprint density at radius 3 is 2.58 bits per heavy atom. The highest BCUT2D eigenvalue weighted by Gasteiger charge is 2.25. The molecule has 0 bridgehead atoms. The van der Waals surface area contributed by atoms with Gasteiger partial charge in [-0.2, -0.15) is 0 Å². The summed E-state index contributed by atoms with van der Waals surface area (Å²) >= 11 is 0. The number of nitrogens with zero attached hydrogens (tertiary/aromatic N) is 1. The van der Waals surface area contributed by atoms with Crippen LogP contribution >= 0.6 is 0 Å². The Labute approximate surface area is 117 Å². The van der Waals surface area contributed by atoms with Gasteiger partial charge in [0.2, 0.25) is 0 Å². The SMILES string of the molecule is CN(CCCCc1ccccc1)C1CCCCC1O. The minimum absolute atomic E-state index is 0.104. The lowest BCUT2D eigenvalue weighted by atomic mass is 9.91. The molecule has 19 heavy (non-hydrogen) atoms.